The van der Waals surface area contributed by atoms with Gasteiger partial charge in [-0.2, -0.15) is 0 Å². The Morgan fingerprint density at radius 2 is 1.81 bits per heavy atom. The fraction of sp³-hybridized carbons (Fsp3) is 0.480. The number of aryl methyl sites for hydroxylation is 1. The number of benzene rings is 1. The second-order valence-electron chi connectivity index (χ2n) is 9.46. The van der Waals surface area contributed by atoms with Gasteiger partial charge in [0.05, 0.1) is 21.7 Å². The van der Waals surface area contributed by atoms with Crippen LogP contribution in [0.4, 0.5) is 5.69 Å². The lowest BCUT2D eigenvalue weighted by Crippen LogP contribution is -2.31. The van der Waals surface area contributed by atoms with Crippen molar-refractivity contribution in [2.45, 2.75) is 75.0 Å². The predicted octanol–water partition coefficient (Wildman–Crippen LogP) is 5.09. The van der Waals surface area contributed by atoms with Crippen LogP contribution in [0.25, 0.3) is 22.2 Å². The third kappa shape index (κ3) is 3.76. The summed E-state index contributed by atoms with van der Waals surface area (Å²) in [5.41, 5.74) is 3.72. The van der Waals surface area contributed by atoms with Gasteiger partial charge in [-0.05, 0) is 81.7 Å². The van der Waals surface area contributed by atoms with Gasteiger partial charge in [-0.15, -0.1) is 0 Å². The highest BCUT2D eigenvalue weighted by Gasteiger charge is 2.37. The first-order chi connectivity index (χ1) is 15.4. The predicted molar refractivity (Wildman–Crippen MR) is 127 cm³/mol. The number of aromatic nitrogens is 2. The fourth-order valence-corrected chi connectivity index (χ4v) is 6.73. The van der Waals surface area contributed by atoms with E-state index in [0.717, 1.165) is 58.5 Å². The lowest BCUT2D eigenvalue weighted by Gasteiger charge is -2.30. The molecule has 0 aliphatic heterocycles. The van der Waals surface area contributed by atoms with Crippen molar-refractivity contribution in [3.8, 4) is 11.1 Å². The van der Waals surface area contributed by atoms with E-state index < -0.39 is 9.84 Å². The van der Waals surface area contributed by atoms with E-state index >= 15 is 0 Å². The Hall–Kier alpha value is -2.54. The molecule has 3 aromatic rings. The topological polar surface area (TPSA) is 88.9 Å². The molecule has 2 saturated carbocycles. The van der Waals surface area contributed by atoms with Crippen molar-refractivity contribution in [1.82, 2.24) is 4.98 Å². The lowest BCUT2D eigenvalue weighted by molar-refractivity contribution is -0.586. The van der Waals surface area contributed by atoms with Crippen LogP contribution < -0.4 is 10.0 Å². The molecule has 170 valence electrons. The van der Waals surface area contributed by atoms with Crippen LogP contribution >= 0.6 is 0 Å². The van der Waals surface area contributed by atoms with E-state index in [4.69, 9.17) is 0 Å². The summed E-state index contributed by atoms with van der Waals surface area (Å²) >= 11 is 0. The molecule has 7 heteroatoms. The molecule has 2 aromatic heterocycles. The summed E-state index contributed by atoms with van der Waals surface area (Å²) in [7, 11) is -3.32. The molecule has 5 rings (SSSR count). The Morgan fingerprint density at radius 1 is 1.06 bits per heavy atom. The molecular formula is C25H31N3O3S. The number of aromatic amines is 1. The smallest absolute Gasteiger partial charge is 0.290 e. The van der Waals surface area contributed by atoms with Gasteiger partial charge in [0.1, 0.15) is 5.69 Å². The minimum atomic E-state index is -3.32. The van der Waals surface area contributed by atoms with Crippen LogP contribution in [-0.2, 0) is 9.84 Å². The molecule has 2 heterocycles. The molecule has 0 atom stereocenters. The zero-order valence-corrected chi connectivity index (χ0v) is 19.5. The number of nitrogens with zero attached hydrogens (tertiary/aromatic N) is 1. The normalized spacial score (nSPS) is 21.7. The van der Waals surface area contributed by atoms with E-state index in [1.165, 1.54) is 19.3 Å². The van der Waals surface area contributed by atoms with E-state index in [1.807, 2.05) is 24.3 Å². The van der Waals surface area contributed by atoms with Crippen LogP contribution in [0.5, 0.6) is 0 Å². The van der Waals surface area contributed by atoms with Crippen molar-refractivity contribution >= 4 is 26.6 Å². The summed E-state index contributed by atoms with van der Waals surface area (Å²) in [6, 6.07) is 9.60. The van der Waals surface area contributed by atoms with E-state index in [0.29, 0.717) is 22.3 Å². The molecule has 0 amide bonds. The zero-order valence-electron chi connectivity index (χ0n) is 18.7. The Labute approximate surface area is 189 Å². The average Bonchev–Trinajstić information content (AvgIpc) is 3.55. The summed E-state index contributed by atoms with van der Waals surface area (Å²) in [4.78, 5) is 3.41. The first-order valence-electron chi connectivity index (χ1n) is 11.7. The number of nitrogens with one attached hydrogen (secondary N) is 2. The highest BCUT2D eigenvalue weighted by Crippen LogP contribution is 2.40. The highest BCUT2D eigenvalue weighted by atomic mass is 32.2. The monoisotopic (exact) mass is 453 g/mol. The third-order valence-corrected chi connectivity index (χ3v) is 9.51. The molecule has 0 saturated heterocycles. The van der Waals surface area contributed by atoms with Crippen LogP contribution in [0.3, 0.4) is 0 Å². The third-order valence-electron chi connectivity index (χ3n) is 7.25. The van der Waals surface area contributed by atoms with Gasteiger partial charge in [-0.25, -0.2) is 18.1 Å². The minimum Gasteiger partial charge on any atom is -0.710 e. The van der Waals surface area contributed by atoms with Gasteiger partial charge < -0.3 is 10.5 Å². The number of hydrogen-bond donors (Lipinski definition) is 2. The second-order valence-corrected chi connectivity index (χ2v) is 11.7. The Morgan fingerprint density at radius 3 is 2.50 bits per heavy atom. The molecule has 1 aromatic carbocycles. The maximum absolute atomic E-state index is 13.0. The molecular weight excluding hydrogens is 422 g/mol. The molecule has 2 aliphatic rings. The summed E-state index contributed by atoms with van der Waals surface area (Å²) in [5.74, 6) is 0.808. The summed E-state index contributed by atoms with van der Waals surface area (Å²) in [6.45, 7) is 4.04. The van der Waals surface area contributed by atoms with Crippen molar-refractivity contribution in [2.75, 3.05) is 5.32 Å². The molecule has 0 unspecified atom stereocenters. The van der Waals surface area contributed by atoms with Gasteiger partial charge in [0.2, 0.25) is 0 Å². The van der Waals surface area contributed by atoms with Gasteiger partial charge >= 0.3 is 0 Å². The maximum Gasteiger partial charge on any atom is 0.290 e. The minimum absolute atomic E-state index is 0.257. The van der Waals surface area contributed by atoms with E-state index in [9.17, 15) is 13.6 Å². The summed E-state index contributed by atoms with van der Waals surface area (Å²) < 4.78 is 26.9. The van der Waals surface area contributed by atoms with Crippen molar-refractivity contribution in [1.29, 1.82) is 0 Å². The molecule has 0 spiro atoms. The molecule has 6 nitrogen and oxygen atoms in total. The van der Waals surface area contributed by atoms with Crippen molar-refractivity contribution in [3.63, 3.8) is 0 Å². The first-order valence-corrected chi connectivity index (χ1v) is 13.3. The van der Waals surface area contributed by atoms with E-state index in [1.54, 1.807) is 19.2 Å². The number of fused-ring (bicyclic) bond motifs is 1. The van der Waals surface area contributed by atoms with Gasteiger partial charge in [0.15, 0.2) is 9.84 Å². The van der Waals surface area contributed by atoms with Crippen LogP contribution in [0.1, 0.15) is 57.6 Å². The first kappa shape index (κ1) is 21.3. The average molecular weight is 454 g/mol. The Balaban J connectivity index is 1.60. The van der Waals surface area contributed by atoms with Crippen LogP contribution in [0, 0.1) is 18.0 Å². The van der Waals surface area contributed by atoms with Gasteiger partial charge in [-0.1, -0.05) is 13.3 Å². The van der Waals surface area contributed by atoms with Crippen LogP contribution in [0.2, 0.25) is 0 Å². The number of H-pyrrole nitrogens is 1. The molecule has 2 N–H and O–H groups in total. The molecule has 32 heavy (non-hydrogen) atoms. The Bertz CT molecular complexity index is 1250. The van der Waals surface area contributed by atoms with Gasteiger partial charge in [-0.3, -0.25) is 0 Å². The fourth-order valence-electron chi connectivity index (χ4n) is 5.05. The highest BCUT2D eigenvalue weighted by molar-refractivity contribution is 7.92. The number of rotatable bonds is 6. The number of pyridine rings is 1. The second kappa shape index (κ2) is 8.10. The molecule has 0 bridgehead atoms. The molecule has 2 fully saturated rings. The molecule has 2 aliphatic carbocycles. The largest absolute Gasteiger partial charge is 0.710 e. The molecule has 0 radical (unpaired) electrons. The van der Waals surface area contributed by atoms with Crippen LogP contribution in [-0.4, -0.2) is 24.7 Å². The summed E-state index contributed by atoms with van der Waals surface area (Å²) in [6.07, 6.45) is 9.15. The Kier molecular flexibility index (Phi) is 5.40. The standard InChI is InChI=1S/C25H31N3O3S/c1-3-17-4-6-18(7-5-17)27-24-11-10-20(32(30,31)19-8-9-19)15-23(24)22-14-16(2)28(29)25-21(22)12-13-26-25/h10-15,17-19,26-27H,3-9H2,1-2H3/t17-,18-. The maximum atomic E-state index is 13.0. The SMILES string of the molecule is CC[C@H]1CC[C@H](Nc2ccc(S(=O)(=O)C3CC3)cc2-c2cc(C)[n+]([O-])c3[nH]ccc23)CC1. The van der Waals surface area contributed by atoms with Crippen LogP contribution in [0.15, 0.2) is 41.4 Å². The van der Waals surface area contributed by atoms with Crippen molar-refractivity contribution < 1.29 is 13.1 Å². The van der Waals surface area contributed by atoms with Crippen molar-refractivity contribution in [2.24, 2.45) is 5.92 Å². The number of anilines is 1. The number of sulfone groups is 1. The van der Waals surface area contributed by atoms with E-state index in [-0.39, 0.29) is 5.25 Å². The number of hydrogen-bond acceptors (Lipinski definition) is 4. The van der Waals surface area contributed by atoms with Gasteiger partial charge in [0, 0.05) is 22.9 Å². The lowest BCUT2D eigenvalue weighted by atomic mass is 9.84. The summed E-state index contributed by atoms with van der Waals surface area (Å²) in [5, 5.41) is 16.8. The quantitative estimate of drug-likeness (QED) is 0.402. The van der Waals surface area contributed by atoms with E-state index in [2.05, 4.69) is 17.2 Å². The van der Waals surface area contributed by atoms with Gasteiger partial charge in [0.25, 0.3) is 5.65 Å². The van der Waals surface area contributed by atoms with Crippen molar-refractivity contribution in [3.05, 3.63) is 47.4 Å². The zero-order chi connectivity index (χ0) is 22.5.